The molecule has 1 saturated carbocycles. The average molecular weight is 458 g/mol. The fraction of sp³-hybridized carbons (Fsp3) is 0.458. The number of fused-ring (bicyclic) bond motifs is 1. The Bertz CT molecular complexity index is 1000. The van der Waals surface area contributed by atoms with E-state index in [2.05, 4.69) is 58.7 Å². The van der Waals surface area contributed by atoms with Gasteiger partial charge in [0.15, 0.2) is 5.13 Å². The van der Waals surface area contributed by atoms with Crippen molar-refractivity contribution in [2.45, 2.75) is 58.9 Å². The number of hydrogen-bond donors (Lipinski definition) is 2. The molecule has 0 spiro atoms. The third-order valence-electron chi connectivity index (χ3n) is 6.22. The van der Waals surface area contributed by atoms with Gasteiger partial charge in [0, 0.05) is 22.7 Å². The fourth-order valence-electron chi connectivity index (χ4n) is 4.79. The number of aliphatic imine (C=N–C) groups is 1. The van der Waals surface area contributed by atoms with Crippen LogP contribution in [0.25, 0.3) is 10.9 Å². The standard InChI is InChI=1S/C24H31N5S.ClH/c1-4-17-9-8-12-20(18(17)5-2)27-23(29-24-25-13-14-30-24)28-22-15-16(3)26-21-11-7-6-10-19(21)22;/h6-7,10-11,13-15,17-18,20H,4-5,8-9,12H2,1-3H3,(H2,25,26,27,28,29);1H. The van der Waals surface area contributed by atoms with Gasteiger partial charge in [0.25, 0.3) is 0 Å². The van der Waals surface area contributed by atoms with Crippen molar-refractivity contribution in [3.8, 4) is 0 Å². The molecule has 166 valence electrons. The molecule has 0 bridgehead atoms. The first kappa shape index (κ1) is 23.5. The third kappa shape index (κ3) is 5.55. The number of pyridine rings is 1. The Labute approximate surface area is 195 Å². The molecule has 1 aromatic carbocycles. The lowest BCUT2D eigenvalue weighted by molar-refractivity contribution is 0.194. The number of nitrogens with zero attached hydrogens (tertiary/aromatic N) is 3. The Morgan fingerprint density at radius 1 is 1.16 bits per heavy atom. The highest BCUT2D eigenvalue weighted by atomic mass is 35.5. The maximum absolute atomic E-state index is 5.23. The fourth-order valence-corrected chi connectivity index (χ4v) is 5.32. The summed E-state index contributed by atoms with van der Waals surface area (Å²) < 4.78 is 0. The number of hydrogen-bond acceptors (Lipinski definition) is 4. The average Bonchev–Trinajstić information content (AvgIpc) is 3.26. The number of aromatic nitrogens is 2. The van der Waals surface area contributed by atoms with Crippen LogP contribution in [0.4, 0.5) is 10.8 Å². The first-order valence-electron chi connectivity index (χ1n) is 11.1. The second-order valence-electron chi connectivity index (χ2n) is 8.13. The molecule has 1 aliphatic carbocycles. The maximum Gasteiger partial charge on any atom is 0.202 e. The van der Waals surface area contributed by atoms with Crippen molar-refractivity contribution >= 4 is 51.4 Å². The predicted molar refractivity (Wildman–Crippen MR) is 136 cm³/mol. The minimum absolute atomic E-state index is 0. The van der Waals surface area contributed by atoms with Crippen molar-refractivity contribution in [1.29, 1.82) is 0 Å². The number of benzene rings is 1. The Morgan fingerprint density at radius 3 is 2.74 bits per heavy atom. The normalized spacial score (nSPS) is 21.5. The zero-order chi connectivity index (χ0) is 20.9. The zero-order valence-electron chi connectivity index (χ0n) is 18.5. The Hall–Kier alpha value is -2.18. The lowest BCUT2D eigenvalue weighted by atomic mass is 9.73. The van der Waals surface area contributed by atoms with E-state index in [1.807, 2.05) is 24.6 Å². The van der Waals surface area contributed by atoms with Gasteiger partial charge in [-0.05, 0) is 37.3 Å². The summed E-state index contributed by atoms with van der Waals surface area (Å²) in [5, 5.41) is 11.0. The van der Waals surface area contributed by atoms with Gasteiger partial charge >= 0.3 is 0 Å². The first-order chi connectivity index (χ1) is 14.7. The molecule has 0 aliphatic heterocycles. The summed E-state index contributed by atoms with van der Waals surface area (Å²) in [6, 6.07) is 10.7. The maximum atomic E-state index is 5.23. The summed E-state index contributed by atoms with van der Waals surface area (Å²) in [4.78, 5) is 14.3. The summed E-state index contributed by atoms with van der Waals surface area (Å²) in [5.74, 6) is 2.18. The summed E-state index contributed by atoms with van der Waals surface area (Å²) >= 11 is 1.59. The molecule has 3 atom stereocenters. The van der Waals surface area contributed by atoms with Gasteiger partial charge in [-0.15, -0.1) is 23.7 Å². The number of nitrogens with one attached hydrogen (secondary N) is 2. The lowest BCUT2D eigenvalue weighted by Crippen LogP contribution is -2.34. The summed E-state index contributed by atoms with van der Waals surface area (Å²) in [6.45, 7) is 6.66. The van der Waals surface area contributed by atoms with E-state index in [0.717, 1.165) is 45.7 Å². The van der Waals surface area contributed by atoms with Crippen molar-refractivity contribution in [3.63, 3.8) is 0 Å². The van der Waals surface area contributed by atoms with Gasteiger partial charge in [-0.25, -0.2) is 9.98 Å². The SMILES string of the molecule is CCC1CCCC(N=C(Nc2nccs2)Nc2cc(C)nc3ccccc23)C1CC.Cl. The molecule has 1 fully saturated rings. The quantitative estimate of drug-likeness (QED) is 0.323. The number of halogens is 1. The molecule has 3 unspecified atom stereocenters. The minimum atomic E-state index is 0. The predicted octanol–water partition coefficient (Wildman–Crippen LogP) is 6.91. The summed E-state index contributed by atoms with van der Waals surface area (Å²) in [5.41, 5.74) is 3.00. The topological polar surface area (TPSA) is 62.2 Å². The molecule has 1 aliphatic rings. The third-order valence-corrected chi connectivity index (χ3v) is 6.91. The molecule has 2 N–H and O–H groups in total. The molecule has 0 amide bonds. The van der Waals surface area contributed by atoms with Crippen LogP contribution in [0.1, 0.15) is 51.6 Å². The van der Waals surface area contributed by atoms with Crippen LogP contribution in [0, 0.1) is 18.8 Å². The highest BCUT2D eigenvalue weighted by molar-refractivity contribution is 7.13. The van der Waals surface area contributed by atoms with Gasteiger partial charge < -0.3 is 10.6 Å². The molecule has 3 aromatic rings. The Kier molecular flexibility index (Phi) is 8.27. The van der Waals surface area contributed by atoms with Crippen LogP contribution in [-0.4, -0.2) is 22.0 Å². The van der Waals surface area contributed by atoms with E-state index in [-0.39, 0.29) is 12.4 Å². The van der Waals surface area contributed by atoms with Crippen LogP contribution in [-0.2, 0) is 0 Å². The molecule has 0 radical (unpaired) electrons. The van der Waals surface area contributed by atoms with Crippen molar-refractivity contribution < 1.29 is 0 Å². The number of para-hydroxylation sites is 1. The van der Waals surface area contributed by atoms with Gasteiger partial charge in [-0.3, -0.25) is 4.98 Å². The van der Waals surface area contributed by atoms with Crippen LogP contribution in [0.2, 0.25) is 0 Å². The van der Waals surface area contributed by atoms with Crippen molar-refractivity contribution in [2.75, 3.05) is 10.6 Å². The largest absolute Gasteiger partial charge is 0.325 e. The van der Waals surface area contributed by atoms with Gasteiger partial charge in [-0.2, -0.15) is 0 Å². The molecule has 5 nitrogen and oxygen atoms in total. The van der Waals surface area contributed by atoms with Crippen LogP contribution in [0.3, 0.4) is 0 Å². The van der Waals surface area contributed by atoms with Crippen molar-refractivity contribution in [3.05, 3.63) is 47.6 Å². The lowest BCUT2D eigenvalue weighted by Gasteiger charge is -2.35. The number of aryl methyl sites for hydroxylation is 1. The molecule has 4 rings (SSSR count). The molecular formula is C24H32ClN5S. The minimum Gasteiger partial charge on any atom is -0.325 e. The van der Waals surface area contributed by atoms with Crippen LogP contribution in [0.15, 0.2) is 46.9 Å². The van der Waals surface area contributed by atoms with E-state index in [1.165, 1.54) is 25.7 Å². The van der Waals surface area contributed by atoms with E-state index >= 15 is 0 Å². The zero-order valence-corrected chi connectivity index (χ0v) is 20.1. The highest BCUT2D eigenvalue weighted by Gasteiger charge is 2.31. The first-order valence-corrected chi connectivity index (χ1v) is 11.9. The van der Waals surface area contributed by atoms with Gasteiger partial charge in [0.05, 0.1) is 17.2 Å². The van der Waals surface area contributed by atoms with E-state index in [0.29, 0.717) is 12.0 Å². The summed E-state index contributed by atoms with van der Waals surface area (Å²) in [7, 11) is 0. The number of anilines is 2. The molecule has 2 heterocycles. The monoisotopic (exact) mass is 457 g/mol. The van der Waals surface area contributed by atoms with Crippen LogP contribution in [0.5, 0.6) is 0 Å². The summed E-state index contributed by atoms with van der Waals surface area (Å²) in [6.07, 6.45) is 7.97. The number of rotatable bonds is 5. The van der Waals surface area contributed by atoms with Crippen LogP contribution < -0.4 is 10.6 Å². The molecule has 31 heavy (non-hydrogen) atoms. The number of thiazole rings is 1. The van der Waals surface area contributed by atoms with E-state index in [1.54, 1.807) is 11.3 Å². The van der Waals surface area contributed by atoms with Crippen LogP contribution >= 0.6 is 23.7 Å². The second kappa shape index (κ2) is 10.9. The molecular weight excluding hydrogens is 426 g/mol. The molecule has 0 saturated heterocycles. The van der Waals surface area contributed by atoms with E-state index in [9.17, 15) is 0 Å². The second-order valence-corrected chi connectivity index (χ2v) is 9.03. The molecule has 7 heteroatoms. The number of guanidine groups is 1. The Morgan fingerprint density at radius 2 is 2.00 bits per heavy atom. The van der Waals surface area contributed by atoms with E-state index in [4.69, 9.17) is 4.99 Å². The van der Waals surface area contributed by atoms with Gasteiger partial charge in [0.2, 0.25) is 5.96 Å². The smallest absolute Gasteiger partial charge is 0.202 e. The molecule has 2 aromatic heterocycles. The van der Waals surface area contributed by atoms with Gasteiger partial charge in [-0.1, -0.05) is 57.7 Å². The van der Waals surface area contributed by atoms with Gasteiger partial charge in [0.1, 0.15) is 0 Å². The van der Waals surface area contributed by atoms with Crippen molar-refractivity contribution in [1.82, 2.24) is 9.97 Å². The Balaban J connectivity index is 0.00000272. The highest BCUT2D eigenvalue weighted by Crippen LogP contribution is 2.36. The van der Waals surface area contributed by atoms with E-state index < -0.39 is 0 Å². The van der Waals surface area contributed by atoms with Crippen molar-refractivity contribution in [2.24, 2.45) is 16.8 Å².